The van der Waals surface area contributed by atoms with Crippen molar-refractivity contribution >= 4 is 28.3 Å². The Hall–Kier alpha value is -2.16. The van der Waals surface area contributed by atoms with Crippen LogP contribution in [-0.2, 0) is 13.1 Å². The van der Waals surface area contributed by atoms with Crippen molar-refractivity contribution in [1.29, 1.82) is 0 Å². The molecule has 2 rings (SSSR count). The SMILES string of the molecule is CCn1cnnc1CNc1snc(N)c1C(N)=O. The third-order valence-corrected chi connectivity index (χ3v) is 3.23. The Bertz CT molecular complexity index is 561. The van der Waals surface area contributed by atoms with Crippen molar-refractivity contribution in [3.8, 4) is 0 Å². The van der Waals surface area contributed by atoms with E-state index < -0.39 is 5.91 Å². The molecule has 0 fully saturated rings. The Morgan fingerprint density at radius 1 is 1.61 bits per heavy atom. The average molecular weight is 267 g/mol. The zero-order chi connectivity index (χ0) is 13.1. The summed E-state index contributed by atoms with van der Waals surface area (Å²) in [5, 5.41) is 11.4. The van der Waals surface area contributed by atoms with Gasteiger partial charge in [-0.3, -0.25) is 4.79 Å². The highest BCUT2D eigenvalue weighted by Crippen LogP contribution is 2.26. The number of hydrogen-bond acceptors (Lipinski definition) is 7. The largest absolute Gasteiger partial charge is 0.382 e. The smallest absolute Gasteiger partial charge is 0.255 e. The average Bonchev–Trinajstić information content (AvgIpc) is 2.92. The van der Waals surface area contributed by atoms with Crippen LogP contribution < -0.4 is 16.8 Å². The summed E-state index contributed by atoms with van der Waals surface area (Å²) in [7, 11) is 0. The molecule has 0 unspecified atom stereocenters. The van der Waals surface area contributed by atoms with Crippen LogP contribution in [0.1, 0.15) is 23.1 Å². The van der Waals surface area contributed by atoms with Gasteiger partial charge >= 0.3 is 0 Å². The Kier molecular flexibility index (Phi) is 3.42. The topological polar surface area (TPSA) is 125 Å². The van der Waals surface area contributed by atoms with Gasteiger partial charge in [0.1, 0.15) is 16.9 Å². The minimum Gasteiger partial charge on any atom is -0.382 e. The molecule has 0 aliphatic carbocycles. The molecule has 96 valence electrons. The van der Waals surface area contributed by atoms with Crippen molar-refractivity contribution in [3.63, 3.8) is 0 Å². The Morgan fingerprint density at radius 2 is 2.39 bits per heavy atom. The molecule has 0 spiro atoms. The Labute approximate surface area is 107 Å². The number of nitrogen functional groups attached to an aromatic ring is 1. The van der Waals surface area contributed by atoms with E-state index in [1.165, 1.54) is 0 Å². The zero-order valence-corrected chi connectivity index (χ0v) is 10.6. The van der Waals surface area contributed by atoms with E-state index in [4.69, 9.17) is 11.5 Å². The predicted octanol–water partition coefficient (Wildman–Crippen LogP) is 0.0477. The van der Waals surface area contributed by atoms with Crippen molar-refractivity contribution in [2.75, 3.05) is 11.1 Å². The molecule has 5 N–H and O–H groups in total. The first-order valence-corrected chi connectivity index (χ1v) is 6.06. The van der Waals surface area contributed by atoms with Crippen LogP contribution in [0.5, 0.6) is 0 Å². The minimum atomic E-state index is -0.597. The number of aromatic nitrogens is 4. The number of amides is 1. The van der Waals surface area contributed by atoms with Crippen LogP contribution in [0.25, 0.3) is 0 Å². The van der Waals surface area contributed by atoms with E-state index in [0.29, 0.717) is 11.5 Å². The van der Waals surface area contributed by atoms with Gasteiger partial charge in [-0.15, -0.1) is 10.2 Å². The van der Waals surface area contributed by atoms with Crippen molar-refractivity contribution in [1.82, 2.24) is 19.1 Å². The van der Waals surface area contributed by atoms with E-state index in [2.05, 4.69) is 19.9 Å². The summed E-state index contributed by atoms with van der Waals surface area (Å²) < 4.78 is 5.78. The number of carbonyl (C=O) groups excluding carboxylic acids is 1. The second-order valence-corrected chi connectivity index (χ2v) is 4.30. The molecule has 2 aromatic rings. The van der Waals surface area contributed by atoms with E-state index in [1.54, 1.807) is 6.33 Å². The minimum absolute atomic E-state index is 0.145. The quantitative estimate of drug-likeness (QED) is 0.702. The number of carbonyl (C=O) groups is 1. The number of nitrogens with two attached hydrogens (primary N) is 2. The third kappa shape index (κ3) is 2.25. The van der Waals surface area contributed by atoms with Gasteiger partial charge in [0.25, 0.3) is 5.91 Å². The standard InChI is InChI=1S/C9H13N7OS/c1-2-16-4-13-14-5(16)3-12-9-6(8(11)17)7(10)15-18-9/h4,12H,2-3H2,1H3,(H2,10,15)(H2,11,17). The molecule has 0 aromatic carbocycles. The van der Waals surface area contributed by atoms with E-state index >= 15 is 0 Å². The Morgan fingerprint density at radius 3 is 3.06 bits per heavy atom. The van der Waals surface area contributed by atoms with Crippen LogP contribution in [0.15, 0.2) is 6.33 Å². The number of aryl methyl sites for hydroxylation is 1. The van der Waals surface area contributed by atoms with Crippen LogP contribution in [0.3, 0.4) is 0 Å². The second kappa shape index (κ2) is 5.00. The van der Waals surface area contributed by atoms with Crippen LogP contribution in [0.4, 0.5) is 10.8 Å². The van der Waals surface area contributed by atoms with Crippen molar-refractivity contribution in [2.24, 2.45) is 5.73 Å². The van der Waals surface area contributed by atoms with Gasteiger partial charge in [0.05, 0.1) is 6.54 Å². The van der Waals surface area contributed by atoms with Gasteiger partial charge in [0.15, 0.2) is 11.6 Å². The fourth-order valence-corrected chi connectivity index (χ4v) is 2.21. The number of anilines is 2. The maximum absolute atomic E-state index is 11.2. The summed E-state index contributed by atoms with van der Waals surface area (Å²) >= 11 is 1.10. The van der Waals surface area contributed by atoms with Gasteiger partial charge in [-0.25, -0.2) is 0 Å². The molecule has 0 aliphatic rings. The van der Waals surface area contributed by atoms with Gasteiger partial charge in [0, 0.05) is 6.54 Å². The molecule has 1 amide bonds. The summed E-state index contributed by atoms with van der Waals surface area (Å²) in [6, 6.07) is 0. The van der Waals surface area contributed by atoms with Crippen LogP contribution in [0.2, 0.25) is 0 Å². The van der Waals surface area contributed by atoms with Crippen LogP contribution >= 0.6 is 11.5 Å². The highest BCUT2D eigenvalue weighted by Gasteiger charge is 2.16. The zero-order valence-electron chi connectivity index (χ0n) is 9.75. The van der Waals surface area contributed by atoms with Gasteiger partial charge in [0.2, 0.25) is 0 Å². The molecular weight excluding hydrogens is 254 g/mol. The monoisotopic (exact) mass is 267 g/mol. The third-order valence-electron chi connectivity index (χ3n) is 2.41. The van der Waals surface area contributed by atoms with Gasteiger partial charge < -0.3 is 21.4 Å². The predicted molar refractivity (Wildman–Crippen MR) is 68.1 cm³/mol. The second-order valence-electron chi connectivity index (χ2n) is 3.52. The molecule has 0 bridgehead atoms. The van der Waals surface area contributed by atoms with Gasteiger partial charge in [-0.05, 0) is 18.5 Å². The molecule has 0 radical (unpaired) electrons. The van der Waals surface area contributed by atoms with E-state index in [0.717, 1.165) is 23.9 Å². The number of rotatable bonds is 5. The highest BCUT2D eigenvalue weighted by molar-refractivity contribution is 7.11. The number of primary amides is 1. The molecule has 9 heteroatoms. The molecule has 0 saturated carbocycles. The molecule has 0 atom stereocenters. The van der Waals surface area contributed by atoms with E-state index in [9.17, 15) is 4.79 Å². The number of nitrogens with zero attached hydrogens (tertiary/aromatic N) is 4. The van der Waals surface area contributed by atoms with Crippen molar-refractivity contribution < 1.29 is 4.79 Å². The van der Waals surface area contributed by atoms with Gasteiger partial charge in [-0.2, -0.15) is 4.37 Å². The summed E-state index contributed by atoms with van der Waals surface area (Å²) in [6.45, 7) is 3.19. The van der Waals surface area contributed by atoms with Gasteiger partial charge in [-0.1, -0.05) is 0 Å². The molecule has 18 heavy (non-hydrogen) atoms. The maximum Gasteiger partial charge on any atom is 0.255 e. The first-order chi connectivity index (χ1) is 8.63. The molecule has 8 nitrogen and oxygen atoms in total. The summed E-state index contributed by atoms with van der Waals surface area (Å²) in [6.07, 6.45) is 1.65. The molecule has 0 aliphatic heterocycles. The molecular formula is C9H13N7OS. The lowest BCUT2D eigenvalue weighted by Crippen LogP contribution is -2.15. The van der Waals surface area contributed by atoms with Crippen molar-refractivity contribution in [3.05, 3.63) is 17.7 Å². The molecule has 2 heterocycles. The van der Waals surface area contributed by atoms with Crippen molar-refractivity contribution in [2.45, 2.75) is 20.0 Å². The number of nitrogens with one attached hydrogen (secondary N) is 1. The fourth-order valence-electron chi connectivity index (χ4n) is 1.50. The molecule has 0 saturated heterocycles. The first kappa shape index (κ1) is 12.3. The normalized spacial score (nSPS) is 10.5. The lowest BCUT2D eigenvalue weighted by Gasteiger charge is -2.05. The van der Waals surface area contributed by atoms with Crippen LogP contribution in [0, 0.1) is 0 Å². The fraction of sp³-hybridized carbons (Fsp3) is 0.333. The molecule has 2 aromatic heterocycles. The highest BCUT2D eigenvalue weighted by atomic mass is 32.1. The summed E-state index contributed by atoms with van der Waals surface area (Å²) in [4.78, 5) is 11.2. The summed E-state index contributed by atoms with van der Waals surface area (Å²) in [5.41, 5.74) is 11.0. The first-order valence-electron chi connectivity index (χ1n) is 5.29. The summed E-state index contributed by atoms with van der Waals surface area (Å²) in [5.74, 6) is 0.313. The lowest BCUT2D eigenvalue weighted by molar-refractivity contribution is 0.100. The number of hydrogen-bond donors (Lipinski definition) is 3. The van der Waals surface area contributed by atoms with E-state index in [-0.39, 0.29) is 11.4 Å². The lowest BCUT2D eigenvalue weighted by atomic mass is 10.3. The Balaban J connectivity index is 2.14. The van der Waals surface area contributed by atoms with E-state index in [1.807, 2.05) is 11.5 Å². The maximum atomic E-state index is 11.2. The van der Waals surface area contributed by atoms with Crippen LogP contribution in [-0.4, -0.2) is 25.0 Å².